The predicted molar refractivity (Wildman–Crippen MR) is 190 cm³/mol. The number of ketones is 1. The Kier molecular flexibility index (Phi) is 20.0. The van der Waals surface area contributed by atoms with Crippen LogP contribution in [0.2, 0.25) is 0 Å². The maximum Gasteiger partial charge on any atom is 0.306 e. The summed E-state index contributed by atoms with van der Waals surface area (Å²) in [5.41, 5.74) is 2.57. The fourth-order valence-corrected chi connectivity index (χ4v) is 10.5. The maximum absolute atomic E-state index is 13.3. The van der Waals surface area contributed by atoms with Crippen LogP contribution in [0.1, 0.15) is 131 Å². The van der Waals surface area contributed by atoms with Crippen molar-refractivity contribution in [2.75, 3.05) is 30.5 Å². The molecule has 0 spiro atoms. The van der Waals surface area contributed by atoms with E-state index in [1.165, 1.54) is 114 Å². The molecule has 45 heavy (non-hydrogen) atoms. The minimum Gasteiger partial charge on any atom is -0.395 e. The summed E-state index contributed by atoms with van der Waals surface area (Å²) in [6, 6.07) is 13.8. The second-order valence-corrected chi connectivity index (χ2v) is 17.4. The van der Waals surface area contributed by atoms with E-state index in [4.69, 9.17) is 3.63 Å². The van der Waals surface area contributed by atoms with E-state index in [1.807, 2.05) is 19.1 Å². The van der Waals surface area contributed by atoms with Crippen molar-refractivity contribution in [1.82, 2.24) is 0 Å². The third-order valence-electron chi connectivity index (χ3n) is 8.46. The summed E-state index contributed by atoms with van der Waals surface area (Å²) in [6.45, 7) is 3.44. The summed E-state index contributed by atoms with van der Waals surface area (Å²) >= 11 is 0. The molecule has 0 saturated heterocycles. The second kappa shape index (κ2) is 22.8. The van der Waals surface area contributed by atoms with Crippen LogP contribution in [-0.2, 0) is 20.2 Å². The van der Waals surface area contributed by atoms with Gasteiger partial charge in [0.1, 0.15) is 0 Å². The molecule has 2 rings (SSSR count). The molecule has 0 amide bonds. The zero-order valence-electron chi connectivity index (χ0n) is 28.0. The van der Waals surface area contributed by atoms with E-state index in [-0.39, 0.29) is 41.2 Å². The first-order chi connectivity index (χ1) is 21.7. The third-order valence-corrected chi connectivity index (χ3v) is 13.8. The number of aryl methyl sites for hydroxylation is 2. The first kappa shape index (κ1) is 39.5. The van der Waals surface area contributed by atoms with Crippen molar-refractivity contribution in [2.45, 2.75) is 128 Å². The molecule has 0 unspecified atom stereocenters. The Balaban J connectivity index is 1.72. The molecule has 0 bridgehead atoms. The van der Waals surface area contributed by atoms with Crippen molar-refractivity contribution in [1.29, 1.82) is 0 Å². The number of carbonyl (C=O) groups is 1. The van der Waals surface area contributed by atoms with Gasteiger partial charge in [-0.25, -0.2) is 3.63 Å². The Bertz CT molecular complexity index is 1160. The van der Waals surface area contributed by atoms with Gasteiger partial charge in [-0.15, -0.1) is 10.3 Å². The molecular formula is C37H60O6S2. The van der Waals surface area contributed by atoms with Crippen molar-refractivity contribution in [3.63, 3.8) is 0 Å². The molecule has 2 aromatic rings. The highest BCUT2D eigenvalue weighted by atomic mass is 32.3. The fraction of sp³-hybridized carbons (Fsp3) is 0.649. The maximum atomic E-state index is 13.3. The molecule has 0 aliphatic heterocycles. The molecule has 2 aromatic carbocycles. The minimum absolute atomic E-state index is 0.00765. The van der Waals surface area contributed by atoms with Crippen LogP contribution in [-0.4, -0.2) is 54.9 Å². The molecule has 0 aromatic heterocycles. The van der Waals surface area contributed by atoms with Gasteiger partial charge >= 0.3 is 10.1 Å². The van der Waals surface area contributed by atoms with Crippen LogP contribution in [0.25, 0.3) is 0 Å². The van der Waals surface area contributed by atoms with Gasteiger partial charge in [0.2, 0.25) is 0 Å². The van der Waals surface area contributed by atoms with Gasteiger partial charge in [0.25, 0.3) is 0 Å². The van der Waals surface area contributed by atoms with Crippen LogP contribution in [0.5, 0.6) is 0 Å². The minimum atomic E-state index is -4.18. The molecule has 0 heterocycles. The topological polar surface area (TPSA) is 101 Å². The van der Waals surface area contributed by atoms with E-state index < -0.39 is 20.4 Å². The molecule has 0 radical (unpaired) electrons. The third kappa shape index (κ3) is 16.1. The number of Topliss-reactive ketones (excluding diaryl/α,β-unsaturated/α-hetero) is 1. The molecule has 0 aliphatic rings. The smallest absolute Gasteiger partial charge is 0.306 e. The van der Waals surface area contributed by atoms with Crippen LogP contribution in [0.3, 0.4) is 0 Å². The highest BCUT2D eigenvalue weighted by Crippen LogP contribution is 2.51. The van der Waals surface area contributed by atoms with Crippen LogP contribution in [0.15, 0.2) is 53.4 Å². The number of rotatable bonds is 27. The molecule has 0 aliphatic carbocycles. The van der Waals surface area contributed by atoms with Gasteiger partial charge < -0.3 is 10.2 Å². The van der Waals surface area contributed by atoms with Crippen molar-refractivity contribution >= 4 is 26.2 Å². The summed E-state index contributed by atoms with van der Waals surface area (Å²) in [7, 11) is -6.83. The zero-order valence-corrected chi connectivity index (χ0v) is 29.7. The Morgan fingerprint density at radius 3 is 1.53 bits per heavy atom. The van der Waals surface area contributed by atoms with Crippen molar-refractivity contribution < 1.29 is 27.1 Å². The molecule has 256 valence electrons. The van der Waals surface area contributed by atoms with E-state index in [2.05, 4.69) is 6.92 Å². The highest BCUT2D eigenvalue weighted by molar-refractivity contribution is 8.33. The number of unbranched alkanes of at least 4 members (excludes halogenated alkanes) is 15. The lowest BCUT2D eigenvalue weighted by atomic mass is 10.0. The normalized spacial score (nSPS) is 12.4. The lowest BCUT2D eigenvalue weighted by Crippen LogP contribution is -2.27. The molecule has 8 heteroatoms. The lowest BCUT2D eigenvalue weighted by Gasteiger charge is -2.36. The van der Waals surface area contributed by atoms with Gasteiger partial charge in [-0.2, -0.15) is 8.42 Å². The first-order valence-electron chi connectivity index (χ1n) is 17.4. The monoisotopic (exact) mass is 664 g/mol. The van der Waals surface area contributed by atoms with Gasteiger partial charge in [0.05, 0.1) is 23.9 Å². The summed E-state index contributed by atoms with van der Waals surface area (Å²) in [4.78, 5) is 13.3. The number of aliphatic hydroxyl groups is 2. The van der Waals surface area contributed by atoms with Gasteiger partial charge in [0.15, 0.2) is 5.78 Å². The zero-order chi connectivity index (χ0) is 32.8. The van der Waals surface area contributed by atoms with Crippen LogP contribution in [0.4, 0.5) is 0 Å². The highest BCUT2D eigenvalue weighted by Gasteiger charge is 2.34. The van der Waals surface area contributed by atoms with Gasteiger partial charge in [-0.05, 0) is 37.5 Å². The molecule has 0 saturated carbocycles. The fourth-order valence-electron chi connectivity index (χ4n) is 5.66. The molecular weight excluding hydrogens is 605 g/mol. The van der Waals surface area contributed by atoms with E-state index in [9.17, 15) is 23.4 Å². The molecule has 0 atom stereocenters. The van der Waals surface area contributed by atoms with E-state index in [0.29, 0.717) is 5.56 Å². The Labute approximate surface area is 276 Å². The quantitative estimate of drug-likeness (QED) is 0.0730. The summed E-state index contributed by atoms with van der Waals surface area (Å²) in [5, 5.41) is 19.5. The number of hydrogen-bond donors (Lipinski definition) is 2. The summed E-state index contributed by atoms with van der Waals surface area (Å²) in [6.07, 6.45) is 22.5. The van der Waals surface area contributed by atoms with Crippen molar-refractivity contribution in [2.24, 2.45) is 0 Å². The largest absolute Gasteiger partial charge is 0.395 e. The Morgan fingerprint density at radius 1 is 0.644 bits per heavy atom. The summed E-state index contributed by atoms with van der Waals surface area (Å²) < 4.78 is 31.9. The number of hydrogen-bond acceptors (Lipinski definition) is 6. The predicted octanol–water partition coefficient (Wildman–Crippen LogP) is 9.09. The van der Waals surface area contributed by atoms with Crippen LogP contribution < -0.4 is 0 Å². The number of carbonyl (C=O) groups excluding carboxylic acids is 1. The summed E-state index contributed by atoms with van der Waals surface area (Å²) in [5.74, 6) is -0.457. The SMILES string of the molecule is CCCCCCCCCCCCCCCCCCc1ccc(C(=O)CS(CCO)(CCO)OS(=O)(=O)c2ccc(C)cc2)cc1. The van der Waals surface area contributed by atoms with E-state index in [1.54, 1.807) is 24.3 Å². The van der Waals surface area contributed by atoms with Gasteiger partial charge in [0, 0.05) is 17.1 Å². The standard InChI is InChI=1S/C37H60O6S2/c1-3-4-5-6-7-8-9-10-11-12-13-14-15-16-17-18-19-34-22-24-35(25-23-34)37(40)32-44(30-28-38,31-29-39)43-45(41,42)36-26-20-33(2)21-27-36/h20-27,38-39H,3-19,28-32H2,1-2H3. The average Bonchev–Trinajstić information content (AvgIpc) is 3.01. The Morgan fingerprint density at radius 2 is 1.09 bits per heavy atom. The molecule has 6 nitrogen and oxygen atoms in total. The van der Waals surface area contributed by atoms with Crippen LogP contribution >= 0.6 is 10.3 Å². The first-order valence-corrected chi connectivity index (χ1v) is 20.9. The second-order valence-electron chi connectivity index (χ2n) is 12.5. The van der Waals surface area contributed by atoms with Crippen LogP contribution in [0, 0.1) is 6.92 Å². The van der Waals surface area contributed by atoms with E-state index >= 15 is 0 Å². The van der Waals surface area contributed by atoms with Crippen molar-refractivity contribution in [3.8, 4) is 0 Å². The molecule has 2 N–H and O–H groups in total. The lowest BCUT2D eigenvalue weighted by molar-refractivity contribution is 0.102. The number of aliphatic hydroxyl groups excluding tert-OH is 2. The van der Waals surface area contributed by atoms with Crippen molar-refractivity contribution in [3.05, 3.63) is 65.2 Å². The van der Waals surface area contributed by atoms with Gasteiger partial charge in [-0.3, -0.25) is 4.79 Å². The van der Waals surface area contributed by atoms with E-state index in [0.717, 1.165) is 18.4 Å². The molecule has 0 fully saturated rings. The Hall–Kier alpha value is -1.71. The average molecular weight is 665 g/mol. The number of benzene rings is 2. The van der Waals surface area contributed by atoms with Gasteiger partial charge in [-0.1, -0.05) is 145 Å².